The first kappa shape index (κ1) is 17.9. The molecule has 0 saturated carbocycles. The highest BCUT2D eigenvalue weighted by Gasteiger charge is 2.33. The molecule has 0 aliphatic carbocycles. The number of carbonyl (C=O) groups is 1. The van der Waals surface area contributed by atoms with E-state index < -0.39 is 0 Å². The van der Waals surface area contributed by atoms with Crippen molar-refractivity contribution in [2.24, 2.45) is 0 Å². The van der Waals surface area contributed by atoms with Crippen LogP contribution in [-0.2, 0) is 11.3 Å². The normalized spacial score (nSPS) is 16.8. The van der Waals surface area contributed by atoms with Crippen molar-refractivity contribution in [2.75, 3.05) is 11.4 Å². The minimum atomic E-state index is -0.315. The number of amides is 1. The van der Waals surface area contributed by atoms with Gasteiger partial charge in [-0.15, -0.1) is 5.10 Å². The molecule has 1 saturated heterocycles. The maximum atomic E-state index is 12.7. The molecule has 1 atom stereocenters. The molecule has 0 bridgehead atoms. The molecule has 1 N–H and O–H groups in total. The smallest absolute Gasteiger partial charge is 0.275 e. The minimum absolute atomic E-state index is 0.0665. The molecule has 3 aromatic rings. The van der Waals surface area contributed by atoms with Crippen LogP contribution in [0.25, 0.3) is 4.96 Å². The Morgan fingerprint density at radius 1 is 1.41 bits per heavy atom. The molecule has 27 heavy (non-hydrogen) atoms. The van der Waals surface area contributed by atoms with E-state index >= 15 is 0 Å². The highest BCUT2D eigenvalue weighted by molar-refractivity contribution is 7.20. The van der Waals surface area contributed by atoms with E-state index in [1.807, 2.05) is 23.1 Å². The van der Waals surface area contributed by atoms with Crippen molar-refractivity contribution in [2.45, 2.75) is 32.4 Å². The standard InChI is InChI=1S/C18H18ClN5O2S/c1-11-9-15(25)24-17(21-11)27-18(22-24)23-8-4-7-14(23)16(26)20-10-12-5-2-3-6-13(12)19/h2-3,5-6,9,14H,4,7-8,10H2,1H3,(H,20,26)/t14-/m0/s1. The van der Waals surface area contributed by atoms with Gasteiger partial charge in [0.15, 0.2) is 0 Å². The van der Waals surface area contributed by atoms with Gasteiger partial charge < -0.3 is 10.2 Å². The Morgan fingerprint density at radius 3 is 3.04 bits per heavy atom. The lowest BCUT2D eigenvalue weighted by Gasteiger charge is -2.22. The Labute approximate surface area is 164 Å². The summed E-state index contributed by atoms with van der Waals surface area (Å²) in [4.78, 5) is 31.7. The number of hydrogen-bond donors (Lipinski definition) is 1. The molecule has 3 heterocycles. The fourth-order valence-electron chi connectivity index (χ4n) is 3.24. The second-order valence-corrected chi connectivity index (χ2v) is 7.82. The third-order valence-corrected chi connectivity index (χ3v) is 5.89. The van der Waals surface area contributed by atoms with E-state index in [9.17, 15) is 9.59 Å². The van der Waals surface area contributed by atoms with Crippen molar-refractivity contribution in [1.29, 1.82) is 0 Å². The van der Waals surface area contributed by atoms with Crippen molar-refractivity contribution in [3.8, 4) is 0 Å². The first-order valence-electron chi connectivity index (χ1n) is 8.68. The van der Waals surface area contributed by atoms with Crippen molar-refractivity contribution in [3.63, 3.8) is 0 Å². The topological polar surface area (TPSA) is 79.6 Å². The van der Waals surface area contributed by atoms with Gasteiger partial charge in [-0.2, -0.15) is 4.52 Å². The second-order valence-electron chi connectivity index (χ2n) is 6.48. The number of nitrogens with one attached hydrogen (secondary N) is 1. The molecular weight excluding hydrogens is 386 g/mol. The second kappa shape index (κ2) is 7.28. The lowest BCUT2D eigenvalue weighted by molar-refractivity contribution is -0.122. The highest BCUT2D eigenvalue weighted by atomic mass is 35.5. The zero-order valence-electron chi connectivity index (χ0n) is 14.7. The first-order valence-corrected chi connectivity index (χ1v) is 9.87. The molecule has 0 radical (unpaired) electrons. The van der Waals surface area contributed by atoms with Crippen LogP contribution in [0.1, 0.15) is 24.1 Å². The van der Waals surface area contributed by atoms with Gasteiger partial charge in [0.05, 0.1) is 0 Å². The largest absolute Gasteiger partial charge is 0.350 e. The fourth-order valence-corrected chi connectivity index (χ4v) is 4.47. The van der Waals surface area contributed by atoms with Crippen molar-refractivity contribution >= 4 is 38.9 Å². The molecular formula is C18H18ClN5O2S. The number of aromatic nitrogens is 3. The van der Waals surface area contributed by atoms with E-state index in [2.05, 4.69) is 15.4 Å². The van der Waals surface area contributed by atoms with Crippen LogP contribution in [-0.4, -0.2) is 33.1 Å². The summed E-state index contributed by atoms with van der Waals surface area (Å²) in [6.07, 6.45) is 1.63. The Kier molecular flexibility index (Phi) is 4.84. The molecule has 140 valence electrons. The molecule has 0 unspecified atom stereocenters. The molecule has 1 aromatic carbocycles. The predicted molar refractivity (Wildman–Crippen MR) is 106 cm³/mol. The number of benzene rings is 1. The Morgan fingerprint density at radius 2 is 2.22 bits per heavy atom. The third kappa shape index (κ3) is 3.54. The average Bonchev–Trinajstić information content (AvgIpc) is 3.27. The number of nitrogens with zero attached hydrogens (tertiary/aromatic N) is 4. The van der Waals surface area contributed by atoms with Crippen LogP contribution >= 0.6 is 22.9 Å². The van der Waals surface area contributed by atoms with Gasteiger partial charge in [-0.1, -0.05) is 41.1 Å². The van der Waals surface area contributed by atoms with Crippen molar-refractivity contribution in [1.82, 2.24) is 19.9 Å². The molecule has 1 fully saturated rings. The van der Waals surface area contributed by atoms with E-state index in [1.165, 1.54) is 21.9 Å². The summed E-state index contributed by atoms with van der Waals surface area (Å²) < 4.78 is 1.30. The Balaban J connectivity index is 1.53. The number of rotatable bonds is 4. The maximum Gasteiger partial charge on any atom is 0.275 e. The van der Waals surface area contributed by atoms with Gasteiger partial charge in [-0.25, -0.2) is 4.98 Å². The molecule has 1 aliphatic rings. The minimum Gasteiger partial charge on any atom is -0.350 e. The quantitative estimate of drug-likeness (QED) is 0.723. The molecule has 9 heteroatoms. The number of aryl methyl sites for hydroxylation is 1. The molecule has 2 aromatic heterocycles. The van der Waals surface area contributed by atoms with E-state index in [4.69, 9.17) is 11.6 Å². The number of hydrogen-bond acceptors (Lipinski definition) is 6. The predicted octanol–water partition coefficient (Wildman–Crippen LogP) is 2.40. The zero-order chi connectivity index (χ0) is 19.0. The van der Waals surface area contributed by atoms with Crippen molar-refractivity contribution < 1.29 is 4.79 Å². The number of carbonyl (C=O) groups excluding carboxylic acids is 1. The molecule has 7 nitrogen and oxygen atoms in total. The van der Waals surface area contributed by atoms with Crippen LogP contribution in [0, 0.1) is 6.92 Å². The fraction of sp³-hybridized carbons (Fsp3) is 0.333. The Bertz CT molecular complexity index is 1060. The lowest BCUT2D eigenvalue weighted by atomic mass is 10.2. The van der Waals surface area contributed by atoms with Gasteiger partial charge in [0.25, 0.3) is 5.56 Å². The van der Waals surface area contributed by atoms with Crippen LogP contribution in [0.2, 0.25) is 5.02 Å². The monoisotopic (exact) mass is 403 g/mol. The molecule has 0 spiro atoms. The van der Waals surface area contributed by atoms with Gasteiger partial charge in [-0.3, -0.25) is 9.59 Å². The highest BCUT2D eigenvalue weighted by Crippen LogP contribution is 2.29. The number of fused-ring (bicyclic) bond motifs is 1. The van der Waals surface area contributed by atoms with Crippen LogP contribution in [0.5, 0.6) is 0 Å². The first-order chi connectivity index (χ1) is 13.0. The Hall–Kier alpha value is -2.45. The van der Waals surface area contributed by atoms with Gasteiger partial charge in [0.2, 0.25) is 16.0 Å². The SMILES string of the molecule is Cc1cc(=O)n2nc(N3CCC[C@H]3C(=O)NCc3ccccc3Cl)sc2n1. The van der Waals surface area contributed by atoms with Crippen LogP contribution < -0.4 is 15.8 Å². The molecule has 4 rings (SSSR count). The van der Waals surface area contributed by atoms with Crippen molar-refractivity contribution in [3.05, 3.63) is 57.0 Å². The molecule has 1 amide bonds. The third-order valence-electron chi connectivity index (χ3n) is 4.57. The van der Waals surface area contributed by atoms with Crippen LogP contribution in [0.15, 0.2) is 35.1 Å². The van der Waals surface area contributed by atoms with E-state index in [1.54, 1.807) is 13.0 Å². The van der Waals surface area contributed by atoms with Gasteiger partial charge in [-0.05, 0) is 31.4 Å². The zero-order valence-corrected chi connectivity index (χ0v) is 16.3. The van der Waals surface area contributed by atoms with E-state index in [0.29, 0.717) is 27.4 Å². The summed E-state index contributed by atoms with van der Waals surface area (Å²) in [7, 11) is 0. The van der Waals surface area contributed by atoms with Crippen LogP contribution in [0.4, 0.5) is 5.13 Å². The number of halogens is 1. The summed E-state index contributed by atoms with van der Waals surface area (Å²) in [5.74, 6) is -0.0665. The summed E-state index contributed by atoms with van der Waals surface area (Å²) in [5.41, 5.74) is 1.33. The van der Waals surface area contributed by atoms with E-state index in [0.717, 1.165) is 24.9 Å². The van der Waals surface area contributed by atoms with Gasteiger partial charge >= 0.3 is 0 Å². The summed E-state index contributed by atoms with van der Waals surface area (Å²) in [6, 6.07) is 8.58. The van der Waals surface area contributed by atoms with Crippen LogP contribution in [0.3, 0.4) is 0 Å². The number of anilines is 1. The van der Waals surface area contributed by atoms with E-state index in [-0.39, 0.29) is 17.5 Å². The summed E-state index contributed by atoms with van der Waals surface area (Å²) >= 11 is 7.48. The lowest BCUT2D eigenvalue weighted by Crippen LogP contribution is -2.43. The summed E-state index contributed by atoms with van der Waals surface area (Å²) in [6.45, 7) is 2.88. The summed E-state index contributed by atoms with van der Waals surface area (Å²) in [5, 5.41) is 8.62. The average molecular weight is 404 g/mol. The molecule has 1 aliphatic heterocycles. The maximum absolute atomic E-state index is 12.7. The van der Waals surface area contributed by atoms with Gasteiger partial charge in [0.1, 0.15) is 6.04 Å². The van der Waals surface area contributed by atoms with Gasteiger partial charge in [0, 0.05) is 29.9 Å².